The minimum absolute atomic E-state index is 0.356. The van der Waals surface area contributed by atoms with Crippen molar-refractivity contribution >= 4 is 10.8 Å². The van der Waals surface area contributed by atoms with Crippen molar-refractivity contribution in [3.63, 3.8) is 0 Å². The van der Waals surface area contributed by atoms with Gasteiger partial charge in [0.05, 0.1) is 0 Å². The van der Waals surface area contributed by atoms with Crippen molar-refractivity contribution in [1.29, 1.82) is 0 Å². The molecule has 0 bridgehead atoms. The highest BCUT2D eigenvalue weighted by Crippen LogP contribution is 2.23. The molecule has 2 aromatic carbocycles. The lowest BCUT2D eigenvalue weighted by Gasteiger charge is -2.15. The Hall–Kier alpha value is -1.78. The summed E-state index contributed by atoms with van der Waals surface area (Å²) in [6.45, 7) is 5.03. The molecule has 1 heteroatoms. The molecule has 0 aliphatic heterocycles. The van der Waals surface area contributed by atoms with Gasteiger partial charge in [0.2, 0.25) is 0 Å². The minimum atomic E-state index is 0.356. The van der Waals surface area contributed by atoms with Gasteiger partial charge in [0, 0.05) is 19.0 Å². The normalized spacial score (nSPS) is 11.9. The van der Waals surface area contributed by atoms with Crippen molar-refractivity contribution in [2.75, 3.05) is 6.54 Å². The standard InChI is InChI=1S/C17H19N/c1-3-4-7-13-18-14(2)16-12-8-10-15-9-5-6-11-17(15)16/h5-6,8-12,14,18H,7,13H2,1-2H3. The summed E-state index contributed by atoms with van der Waals surface area (Å²) in [6.07, 6.45) is 0.908. The Kier molecular flexibility index (Phi) is 4.39. The maximum absolute atomic E-state index is 3.52. The van der Waals surface area contributed by atoms with Gasteiger partial charge in [0.1, 0.15) is 0 Å². The lowest BCUT2D eigenvalue weighted by molar-refractivity contribution is 0.587. The summed E-state index contributed by atoms with van der Waals surface area (Å²) >= 11 is 0. The fourth-order valence-corrected chi connectivity index (χ4v) is 2.21. The Bertz CT molecular complexity index is 569. The molecule has 2 aromatic rings. The molecule has 0 spiro atoms. The zero-order valence-electron chi connectivity index (χ0n) is 11.0. The molecule has 0 aromatic heterocycles. The number of hydrogen-bond acceptors (Lipinski definition) is 1. The molecule has 1 unspecified atom stereocenters. The largest absolute Gasteiger partial charge is 0.309 e. The topological polar surface area (TPSA) is 12.0 Å². The SMILES string of the molecule is CC#CCCNC(C)c1cccc2ccccc12. The smallest absolute Gasteiger partial charge is 0.0298 e. The molecule has 1 N–H and O–H groups in total. The summed E-state index contributed by atoms with van der Waals surface area (Å²) in [5.41, 5.74) is 1.36. The van der Waals surface area contributed by atoms with Gasteiger partial charge in [-0.3, -0.25) is 0 Å². The summed E-state index contributed by atoms with van der Waals surface area (Å²) in [4.78, 5) is 0. The molecule has 92 valence electrons. The second kappa shape index (κ2) is 6.23. The predicted molar refractivity (Wildman–Crippen MR) is 78.4 cm³/mol. The van der Waals surface area contributed by atoms with E-state index < -0.39 is 0 Å². The quantitative estimate of drug-likeness (QED) is 0.628. The van der Waals surface area contributed by atoms with Gasteiger partial charge < -0.3 is 5.32 Å². The zero-order valence-corrected chi connectivity index (χ0v) is 11.0. The first-order valence-corrected chi connectivity index (χ1v) is 6.43. The van der Waals surface area contributed by atoms with Crippen LogP contribution in [0.5, 0.6) is 0 Å². The fraction of sp³-hybridized carbons (Fsp3) is 0.294. The second-order valence-electron chi connectivity index (χ2n) is 4.42. The van der Waals surface area contributed by atoms with Crippen molar-refractivity contribution in [3.05, 3.63) is 48.0 Å². The number of hydrogen-bond donors (Lipinski definition) is 1. The third-order valence-corrected chi connectivity index (χ3v) is 3.17. The molecule has 0 heterocycles. The van der Waals surface area contributed by atoms with Crippen LogP contribution >= 0.6 is 0 Å². The third-order valence-electron chi connectivity index (χ3n) is 3.17. The zero-order chi connectivity index (χ0) is 12.8. The van der Waals surface area contributed by atoms with E-state index in [-0.39, 0.29) is 0 Å². The molecule has 0 radical (unpaired) electrons. The van der Waals surface area contributed by atoms with E-state index in [0.717, 1.165) is 13.0 Å². The first-order valence-electron chi connectivity index (χ1n) is 6.43. The first-order chi connectivity index (χ1) is 8.83. The monoisotopic (exact) mass is 237 g/mol. The van der Waals surface area contributed by atoms with Crippen LogP contribution < -0.4 is 5.32 Å². The van der Waals surface area contributed by atoms with Gasteiger partial charge in [-0.05, 0) is 30.2 Å². The van der Waals surface area contributed by atoms with E-state index >= 15 is 0 Å². The van der Waals surface area contributed by atoms with Gasteiger partial charge >= 0.3 is 0 Å². The van der Waals surface area contributed by atoms with Crippen LogP contribution in [0.25, 0.3) is 10.8 Å². The molecule has 1 nitrogen and oxygen atoms in total. The van der Waals surface area contributed by atoms with Crippen LogP contribution in [0.4, 0.5) is 0 Å². The average Bonchev–Trinajstić information content (AvgIpc) is 2.43. The summed E-state index contributed by atoms with van der Waals surface area (Å²) in [7, 11) is 0. The van der Waals surface area contributed by atoms with Crippen molar-refractivity contribution in [2.24, 2.45) is 0 Å². The molecular formula is C17H19N. The van der Waals surface area contributed by atoms with Crippen LogP contribution in [0.15, 0.2) is 42.5 Å². The van der Waals surface area contributed by atoms with Crippen LogP contribution in [0.3, 0.4) is 0 Å². The lowest BCUT2D eigenvalue weighted by Crippen LogP contribution is -2.19. The highest BCUT2D eigenvalue weighted by Gasteiger charge is 2.07. The van der Waals surface area contributed by atoms with E-state index in [1.165, 1.54) is 16.3 Å². The molecule has 0 fully saturated rings. The van der Waals surface area contributed by atoms with E-state index in [0.29, 0.717) is 6.04 Å². The molecule has 2 rings (SSSR count). The number of rotatable bonds is 4. The van der Waals surface area contributed by atoms with Crippen molar-refractivity contribution in [3.8, 4) is 11.8 Å². The van der Waals surface area contributed by atoms with Crippen LogP contribution in [0, 0.1) is 11.8 Å². The van der Waals surface area contributed by atoms with Gasteiger partial charge in [-0.2, -0.15) is 0 Å². The number of fused-ring (bicyclic) bond motifs is 1. The average molecular weight is 237 g/mol. The Morgan fingerprint density at radius 1 is 1.11 bits per heavy atom. The maximum Gasteiger partial charge on any atom is 0.0298 e. The summed E-state index contributed by atoms with van der Waals surface area (Å²) < 4.78 is 0. The molecule has 0 amide bonds. The van der Waals surface area contributed by atoms with Crippen LogP contribution in [0.1, 0.15) is 31.9 Å². The molecule has 18 heavy (non-hydrogen) atoms. The Morgan fingerprint density at radius 2 is 1.89 bits per heavy atom. The van der Waals surface area contributed by atoms with Crippen molar-refractivity contribution < 1.29 is 0 Å². The molecule has 0 aliphatic rings. The lowest BCUT2D eigenvalue weighted by atomic mass is 10.00. The summed E-state index contributed by atoms with van der Waals surface area (Å²) in [6, 6.07) is 15.4. The molecule has 0 aliphatic carbocycles. The van der Waals surface area contributed by atoms with Gasteiger partial charge in [-0.15, -0.1) is 11.8 Å². The van der Waals surface area contributed by atoms with E-state index in [2.05, 4.69) is 66.5 Å². The van der Waals surface area contributed by atoms with E-state index in [1.807, 2.05) is 6.92 Å². The highest BCUT2D eigenvalue weighted by molar-refractivity contribution is 5.86. The Balaban J connectivity index is 2.16. The van der Waals surface area contributed by atoms with E-state index in [4.69, 9.17) is 0 Å². The van der Waals surface area contributed by atoms with Crippen LogP contribution in [-0.2, 0) is 0 Å². The van der Waals surface area contributed by atoms with Gasteiger partial charge in [0.25, 0.3) is 0 Å². The fourth-order valence-electron chi connectivity index (χ4n) is 2.21. The van der Waals surface area contributed by atoms with E-state index in [1.54, 1.807) is 0 Å². The van der Waals surface area contributed by atoms with Gasteiger partial charge in [-0.1, -0.05) is 42.5 Å². The number of nitrogens with one attached hydrogen (secondary N) is 1. The summed E-state index contributed by atoms with van der Waals surface area (Å²) in [5, 5.41) is 6.16. The third kappa shape index (κ3) is 2.91. The minimum Gasteiger partial charge on any atom is -0.309 e. The second-order valence-corrected chi connectivity index (χ2v) is 4.42. The van der Waals surface area contributed by atoms with Crippen LogP contribution in [-0.4, -0.2) is 6.54 Å². The molecule has 0 saturated heterocycles. The van der Waals surface area contributed by atoms with Crippen molar-refractivity contribution in [1.82, 2.24) is 5.32 Å². The van der Waals surface area contributed by atoms with Crippen LogP contribution in [0.2, 0.25) is 0 Å². The predicted octanol–water partition coefficient (Wildman–Crippen LogP) is 3.90. The maximum atomic E-state index is 3.52. The van der Waals surface area contributed by atoms with Crippen molar-refractivity contribution in [2.45, 2.75) is 26.3 Å². The Morgan fingerprint density at radius 3 is 2.72 bits per heavy atom. The first kappa shape index (κ1) is 12.7. The van der Waals surface area contributed by atoms with Gasteiger partial charge in [-0.25, -0.2) is 0 Å². The Labute approximate surface area is 109 Å². The molecule has 1 atom stereocenters. The number of benzene rings is 2. The van der Waals surface area contributed by atoms with E-state index in [9.17, 15) is 0 Å². The molecular weight excluding hydrogens is 218 g/mol. The molecule has 0 saturated carbocycles. The summed E-state index contributed by atoms with van der Waals surface area (Å²) in [5.74, 6) is 6.00. The van der Waals surface area contributed by atoms with Gasteiger partial charge in [0.15, 0.2) is 0 Å². The highest BCUT2D eigenvalue weighted by atomic mass is 14.9.